The number of primary amides is 1. The van der Waals surface area contributed by atoms with E-state index in [4.69, 9.17) is 28.1 Å². The van der Waals surface area contributed by atoms with Gasteiger partial charge in [0, 0.05) is 25.9 Å². The topological polar surface area (TPSA) is 260 Å². The quantitative estimate of drug-likeness (QED) is 0.0517. The smallest absolute Gasteiger partial charge is 0.243 e. The number of hydrogen-bond acceptors (Lipinski definition) is 9. The summed E-state index contributed by atoms with van der Waals surface area (Å²) in [5.41, 5.74) is 19.5. The van der Waals surface area contributed by atoms with Gasteiger partial charge in [0.15, 0.2) is 17.5 Å². The lowest BCUT2D eigenvalue weighted by Crippen LogP contribution is -2.56. The molecule has 0 radical (unpaired) electrons. The Balaban J connectivity index is 2.29. The van der Waals surface area contributed by atoms with Gasteiger partial charge in [0.05, 0.1) is 20.3 Å². The zero-order chi connectivity index (χ0) is 33.4. The minimum Gasteiger partial charge on any atom is -0.508 e. The molecule has 2 aromatic carbocycles. The van der Waals surface area contributed by atoms with Crippen LogP contribution in [-0.4, -0.2) is 80.1 Å². The van der Waals surface area contributed by atoms with Crippen LogP contribution in [0.15, 0.2) is 47.5 Å². The Kier molecular flexibility index (Phi) is 13.5. The number of phenols is 1. The maximum atomic E-state index is 13.6. The number of nitrogens with one attached hydrogen (secondary N) is 3. The van der Waals surface area contributed by atoms with Gasteiger partial charge in [-0.1, -0.05) is 18.2 Å². The largest absolute Gasteiger partial charge is 0.508 e. The first-order valence-corrected chi connectivity index (χ1v) is 13.9. The molecule has 12 N–H and O–H groups in total. The van der Waals surface area contributed by atoms with Crippen LogP contribution >= 0.6 is 0 Å². The third-order valence-electron chi connectivity index (χ3n) is 6.46. The van der Waals surface area contributed by atoms with Crippen LogP contribution in [0.5, 0.6) is 17.2 Å². The Bertz CT molecular complexity index is 1320. The minimum atomic E-state index is -1.13. The first-order chi connectivity index (χ1) is 21.5. The third-order valence-corrected chi connectivity index (χ3v) is 6.46. The monoisotopic (exact) mass is 615 g/mol. The van der Waals surface area contributed by atoms with Crippen LogP contribution in [0.1, 0.15) is 30.4 Å². The fourth-order valence-electron chi connectivity index (χ4n) is 4.16. The van der Waals surface area contributed by atoms with Crippen LogP contribution in [0.25, 0.3) is 0 Å². The molecule has 0 aliphatic carbocycles. The third kappa shape index (κ3) is 12.1. The molecule has 0 saturated carbocycles. The highest BCUT2D eigenvalue weighted by Crippen LogP contribution is 2.28. The fraction of sp³-hybridized carbons (Fsp3) is 0.414. The molecule has 15 heteroatoms. The second-order valence-corrected chi connectivity index (χ2v) is 9.90. The molecule has 0 heterocycles. The summed E-state index contributed by atoms with van der Waals surface area (Å²) in [5, 5.41) is 17.5. The van der Waals surface area contributed by atoms with E-state index in [0.29, 0.717) is 29.0 Å². The van der Waals surface area contributed by atoms with Crippen molar-refractivity contribution in [1.29, 1.82) is 0 Å². The van der Waals surface area contributed by atoms with Crippen molar-refractivity contribution in [3.05, 3.63) is 53.6 Å². The summed E-state index contributed by atoms with van der Waals surface area (Å²) in [5.74, 6) is -1.68. The van der Waals surface area contributed by atoms with Gasteiger partial charge >= 0.3 is 0 Å². The molecule has 0 aromatic heterocycles. The Morgan fingerprint density at radius 2 is 1.55 bits per heavy atom. The second-order valence-electron chi connectivity index (χ2n) is 9.90. The summed E-state index contributed by atoms with van der Waals surface area (Å²) in [7, 11) is 2.95. The highest BCUT2D eigenvalue weighted by Gasteiger charge is 2.28. The van der Waals surface area contributed by atoms with Gasteiger partial charge < -0.3 is 53.5 Å². The number of nitrogens with two attached hydrogens (primary N) is 4. The van der Waals surface area contributed by atoms with Crippen molar-refractivity contribution in [1.82, 2.24) is 16.0 Å². The number of guanidine groups is 1. The number of carbonyl (C=O) groups is 4. The summed E-state index contributed by atoms with van der Waals surface area (Å²) in [6, 6.07) is 7.88. The number of hydrogen-bond donors (Lipinski definition) is 8. The number of rotatable bonds is 19. The van der Waals surface area contributed by atoms with Crippen LogP contribution in [0.4, 0.5) is 0 Å². The highest BCUT2D eigenvalue weighted by atomic mass is 16.5. The summed E-state index contributed by atoms with van der Waals surface area (Å²) in [6.45, 7) is 0.136. The molecule has 0 aliphatic rings. The van der Waals surface area contributed by atoms with E-state index < -0.39 is 41.8 Å². The number of phenolic OH excluding ortho intramolecular Hbond substituents is 1. The molecule has 0 aliphatic heterocycles. The van der Waals surface area contributed by atoms with Crippen molar-refractivity contribution in [3.8, 4) is 17.2 Å². The number of nitrogens with zero attached hydrogens (tertiary/aromatic N) is 1. The van der Waals surface area contributed by atoms with Crippen molar-refractivity contribution in [2.75, 3.05) is 27.3 Å². The molecule has 44 heavy (non-hydrogen) atoms. The van der Waals surface area contributed by atoms with Crippen LogP contribution in [0, 0.1) is 0 Å². The molecule has 0 fully saturated rings. The molecule has 0 bridgehead atoms. The van der Waals surface area contributed by atoms with Gasteiger partial charge in [0.1, 0.15) is 19.2 Å². The number of ether oxygens (including phenoxy) is 2. The van der Waals surface area contributed by atoms with E-state index in [1.54, 1.807) is 30.3 Å². The van der Waals surface area contributed by atoms with Crippen LogP contribution in [0.3, 0.4) is 0 Å². The van der Waals surface area contributed by atoms with Gasteiger partial charge in [-0.3, -0.25) is 24.2 Å². The van der Waals surface area contributed by atoms with E-state index in [1.807, 2.05) is 0 Å². The Hall–Kier alpha value is -5.05. The molecule has 240 valence electrons. The van der Waals surface area contributed by atoms with E-state index in [9.17, 15) is 24.3 Å². The summed E-state index contributed by atoms with van der Waals surface area (Å²) in [6.07, 6.45) is 0.431. The predicted octanol–water partition coefficient (Wildman–Crippen LogP) is -1.46. The number of aliphatic imine (C=N–C) groups is 1. The van der Waals surface area contributed by atoms with E-state index in [0.717, 1.165) is 0 Å². The minimum absolute atomic E-state index is 0.0287. The van der Waals surface area contributed by atoms with Crippen molar-refractivity contribution < 1.29 is 35.2 Å². The normalized spacial score (nSPS) is 12.9. The van der Waals surface area contributed by atoms with E-state index in [-0.39, 0.29) is 50.5 Å². The van der Waals surface area contributed by atoms with Crippen molar-refractivity contribution >= 4 is 29.6 Å². The van der Waals surface area contributed by atoms with E-state index >= 15 is 0 Å². The maximum absolute atomic E-state index is 13.6. The SMILES string of the molecule is [2H]N[C@@H](Cc1ccc(O)cc1)C(=O)N[C@@H](CCCN=C(N)N)C(=O)N[C@@H](Cc1ccc(OC)c(OC)c1)C(=O)NCCC(N)=O. The molecule has 4 amide bonds. The Morgan fingerprint density at radius 1 is 0.886 bits per heavy atom. The van der Waals surface area contributed by atoms with Crippen LogP contribution in [0.2, 0.25) is 1.41 Å². The predicted molar refractivity (Wildman–Crippen MR) is 164 cm³/mol. The first kappa shape index (κ1) is 33.5. The number of benzene rings is 2. The lowest BCUT2D eigenvalue weighted by molar-refractivity contribution is -0.132. The lowest BCUT2D eigenvalue weighted by Gasteiger charge is -2.24. The molecule has 2 aromatic rings. The lowest BCUT2D eigenvalue weighted by atomic mass is 10.0. The summed E-state index contributed by atoms with van der Waals surface area (Å²) < 4.78 is 18.3. The average Bonchev–Trinajstić information content (AvgIpc) is 3.01. The molecular weight excluding hydrogens is 572 g/mol. The van der Waals surface area contributed by atoms with Crippen LogP contribution in [-0.2, 0) is 32.0 Å². The van der Waals surface area contributed by atoms with Gasteiger partial charge in [0.25, 0.3) is 0 Å². The summed E-state index contributed by atoms with van der Waals surface area (Å²) >= 11 is 0. The van der Waals surface area contributed by atoms with E-state index in [2.05, 4.69) is 26.7 Å². The van der Waals surface area contributed by atoms with Crippen molar-refractivity contribution in [2.45, 2.75) is 50.2 Å². The average molecular weight is 616 g/mol. The molecule has 2 rings (SSSR count). The molecule has 0 saturated heterocycles. The Morgan fingerprint density at radius 3 is 2.16 bits per heavy atom. The molecule has 3 atom stereocenters. The molecular formula is C29H42N8O7. The number of amides is 4. The molecule has 15 nitrogen and oxygen atoms in total. The first-order valence-electron chi connectivity index (χ1n) is 14.4. The molecule has 0 unspecified atom stereocenters. The van der Waals surface area contributed by atoms with Crippen molar-refractivity contribution in [3.63, 3.8) is 0 Å². The van der Waals surface area contributed by atoms with Crippen LogP contribution < -0.4 is 48.4 Å². The van der Waals surface area contributed by atoms with Gasteiger partial charge in [-0.2, -0.15) is 0 Å². The second kappa shape index (κ2) is 17.8. The van der Waals surface area contributed by atoms with Crippen molar-refractivity contribution in [2.24, 2.45) is 27.9 Å². The van der Waals surface area contributed by atoms with Gasteiger partial charge in [-0.25, -0.2) is 0 Å². The highest BCUT2D eigenvalue weighted by molar-refractivity contribution is 5.93. The summed E-state index contributed by atoms with van der Waals surface area (Å²) in [4.78, 5) is 55.1. The maximum Gasteiger partial charge on any atom is 0.243 e. The zero-order valence-electron chi connectivity index (χ0n) is 25.8. The van der Waals surface area contributed by atoms with Gasteiger partial charge in [-0.15, -0.1) is 0 Å². The van der Waals surface area contributed by atoms with Gasteiger partial charge in [-0.05, 0) is 54.7 Å². The molecule has 0 spiro atoms. The number of methoxy groups -OCH3 is 2. The Labute approximate surface area is 257 Å². The van der Waals surface area contributed by atoms with Gasteiger partial charge in [0.2, 0.25) is 23.6 Å². The zero-order valence-corrected chi connectivity index (χ0v) is 24.8. The standard InChI is InChI=1S/C29H42N8O7/c1-43-23-10-7-18(16-24(23)44-2)15-22(27(41)34-13-11-25(31)39)37-28(42)21(4-3-12-35-29(32)33)36-26(40)20(30)14-17-5-8-19(38)9-6-17/h5-10,16,20-22,38H,3-4,11-15,30H2,1-2H3,(H2,31,39)(H,34,41)(H,36,40)(H,37,42)(H4,32,33,35)/t20-,21-,22-/m0/s1/i/hD. The van der Waals surface area contributed by atoms with E-state index in [1.165, 1.54) is 26.4 Å². The fourth-order valence-corrected chi connectivity index (χ4v) is 4.16. The number of carbonyl (C=O) groups excluding carboxylic acids is 4. The number of aromatic hydroxyl groups is 1.